The molecule has 5 aromatic rings. The third kappa shape index (κ3) is 4.13. The summed E-state index contributed by atoms with van der Waals surface area (Å²) in [5, 5.41) is 8.91. The van der Waals surface area contributed by atoms with Crippen molar-refractivity contribution in [2.45, 2.75) is 6.54 Å². The van der Waals surface area contributed by atoms with E-state index in [1.54, 1.807) is 18.4 Å². The van der Waals surface area contributed by atoms with Gasteiger partial charge in [-0.1, -0.05) is 30.3 Å². The minimum Gasteiger partial charge on any atom is -0.497 e. The standard InChI is InChI=1S/C27H22N2O3S/c1-31-21-8-3-17(4-9-21)15-29-26-23-13-19(6-5-18(23)11-12-28-26)24-16-33-25-14-20(27(30)32-2)7-10-22(24)25/h3-14,16H,15H2,1-2H3,(H,28,29). The van der Waals surface area contributed by atoms with Gasteiger partial charge in [0.05, 0.1) is 19.8 Å². The number of nitrogens with one attached hydrogen (secondary N) is 1. The lowest BCUT2D eigenvalue weighted by molar-refractivity contribution is 0.0601. The van der Waals surface area contributed by atoms with Crippen molar-refractivity contribution in [2.24, 2.45) is 0 Å². The number of hydrogen-bond acceptors (Lipinski definition) is 6. The molecule has 1 N–H and O–H groups in total. The Morgan fingerprint density at radius 1 is 0.970 bits per heavy atom. The van der Waals surface area contributed by atoms with Gasteiger partial charge in [0.15, 0.2) is 0 Å². The van der Waals surface area contributed by atoms with Crippen LogP contribution in [0.3, 0.4) is 0 Å². The lowest BCUT2D eigenvalue weighted by Crippen LogP contribution is -2.02. The Kier molecular flexibility index (Phi) is 5.67. The normalized spacial score (nSPS) is 11.0. The van der Waals surface area contributed by atoms with E-state index in [2.05, 4.69) is 33.9 Å². The van der Waals surface area contributed by atoms with E-state index in [1.165, 1.54) is 7.11 Å². The van der Waals surface area contributed by atoms with Crippen LogP contribution in [0.25, 0.3) is 32.0 Å². The van der Waals surface area contributed by atoms with E-state index in [9.17, 15) is 4.79 Å². The first-order valence-corrected chi connectivity index (χ1v) is 11.4. The van der Waals surface area contributed by atoms with Gasteiger partial charge >= 0.3 is 5.97 Å². The fourth-order valence-electron chi connectivity index (χ4n) is 3.90. The fraction of sp³-hybridized carbons (Fsp3) is 0.111. The van der Waals surface area contributed by atoms with Crippen molar-refractivity contribution in [3.05, 3.63) is 89.4 Å². The van der Waals surface area contributed by atoms with E-state index in [4.69, 9.17) is 9.47 Å². The average Bonchev–Trinajstić information content (AvgIpc) is 3.30. The van der Waals surface area contributed by atoms with Crippen molar-refractivity contribution < 1.29 is 14.3 Å². The van der Waals surface area contributed by atoms with E-state index >= 15 is 0 Å². The van der Waals surface area contributed by atoms with E-state index < -0.39 is 0 Å². The maximum absolute atomic E-state index is 11.9. The van der Waals surface area contributed by atoms with Crippen molar-refractivity contribution in [2.75, 3.05) is 19.5 Å². The number of esters is 1. The summed E-state index contributed by atoms with van der Waals surface area (Å²) in [5.41, 5.74) is 3.96. The molecule has 5 nitrogen and oxygen atoms in total. The summed E-state index contributed by atoms with van der Waals surface area (Å²) in [6.07, 6.45) is 1.83. The topological polar surface area (TPSA) is 60.5 Å². The number of hydrogen-bond donors (Lipinski definition) is 1. The maximum atomic E-state index is 11.9. The Hall–Kier alpha value is -3.90. The van der Waals surface area contributed by atoms with Crippen molar-refractivity contribution in [3.63, 3.8) is 0 Å². The molecule has 0 fully saturated rings. The van der Waals surface area contributed by atoms with Crippen LogP contribution >= 0.6 is 11.3 Å². The fourth-order valence-corrected chi connectivity index (χ4v) is 4.91. The van der Waals surface area contributed by atoms with Gasteiger partial charge in [0.1, 0.15) is 11.6 Å². The van der Waals surface area contributed by atoms with E-state index in [0.717, 1.165) is 49.1 Å². The molecule has 0 saturated heterocycles. The number of carbonyl (C=O) groups excluding carboxylic acids is 1. The quantitative estimate of drug-likeness (QED) is 0.296. The Morgan fingerprint density at radius 3 is 2.61 bits per heavy atom. The average molecular weight is 455 g/mol. The molecule has 2 heterocycles. The van der Waals surface area contributed by atoms with E-state index in [1.807, 2.05) is 54.7 Å². The summed E-state index contributed by atoms with van der Waals surface area (Å²) in [4.78, 5) is 16.5. The third-order valence-electron chi connectivity index (χ3n) is 5.69. The Balaban J connectivity index is 1.48. The van der Waals surface area contributed by atoms with Gasteiger partial charge in [-0.3, -0.25) is 0 Å². The monoisotopic (exact) mass is 454 g/mol. The zero-order valence-corrected chi connectivity index (χ0v) is 19.1. The lowest BCUT2D eigenvalue weighted by atomic mass is 10.0. The second kappa shape index (κ2) is 8.92. The van der Waals surface area contributed by atoms with Crippen LogP contribution in [0.5, 0.6) is 5.75 Å². The molecule has 5 rings (SSSR count). The largest absolute Gasteiger partial charge is 0.497 e. The molecule has 0 bridgehead atoms. The third-order valence-corrected chi connectivity index (χ3v) is 6.64. The molecule has 6 heteroatoms. The van der Waals surface area contributed by atoms with Crippen LogP contribution in [0, 0.1) is 0 Å². The molecule has 0 aliphatic rings. The molecule has 0 saturated carbocycles. The maximum Gasteiger partial charge on any atom is 0.337 e. The molecular formula is C27H22N2O3S. The highest BCUT2D eigenvalue weighted by Gasteiger charge is 2.12. The minimum absolute atomic E-state index is 0.323. The van der Waals surface area contributed by atoms with Crippen molar-refractivity contribution in [1.82, 2.24) is 4.98 Å². The van der Waals surface area contributed by atoms with Gasteiger partial charge in [0.2, 0.25) is 0 Å². The Morgan fingerprint density at radius 2 is 1.82 bits per heavy atom. The summed E-state index contributed by atoms with van der Waals surface area (Å²) in [7, 11) is 3.06. The molecule has 0 aliphatic heterocycles. The van der Waals surface area contributed by atoms with Crippen LogP contribution in [-0.4, -0.2) is 25.2 Å². The molecular weight excluding hydrogens is 432 g/mol. The summed E-state index contributed by atoms with van der Waals surface area (Å²) in [6, 6.07) is 22.1. The second-order valence-corrected chi connectivity index (χ2v) is 8.56. The number of thiophene rings is 1. The second-order valence-electron chi connectivity index (χ2n) is 7.65. The predicted octanol–water partition coefficient (Wildman–Crippen LogP) is 6.52. The van der Waals surface area contributed by atoms with Gasteiger partial charge in [-0.25, -0.2) is 9.78 Å². The number of benzene rings is 3. The van der Waals surface area contributed by atoms with Crippen LogP contribution in [0.15, 0.2) is 78.3 Å². The summed E-state index contributed by atoms with van der Waals surface area (Å²) < 4.78 is 11.1. The zero-order valence-electron chi connectivity index (χ0n) is 18.3. The lowest BCUT2D eigenvalue weighted by Gasteiger charge is -2.11. The number of nitrogens with zero attached hydrogens (tertiary/aromatic N) is 1. The number of rotatable bonds is 6. The zero-order chi connectivity index (χ0) is 22.8. The number of carbonyl (C=O) groups is 1. The van der Waals surface area contributed by atoms with Crippen molar-refractivity contribution in [1.29, 1.82) is 0 Å². The van der Waals surface area contributed by atoms with Crippen molar-refractivity contribution in [3.8, 4) is 16.9 Å². The molecule has 33 heavy (non-hydrogen) atoms. The number of methoxy groups -OCH3 is 2. The molecule has 0 radical (unpaired) electrons. The molecule has 0 spiro atoms. The van der Waals surface area contributed by atoms with E-state index in [0.29, 0.717) is 12.1 Å². The SMILES string of the molecule is COC(=O)c1ccc2c(-c3ccc4ccnc(NCc5ccc(OC)cc5)c4c3)csc2c1. The highest BCUT2D eigenvalue weighted by Crippen LogP contribution is 2.36. The van der Waals surface area contributed by atoms with Crippen molar-refractivity contribution >= 4 is 44.0 Å². The first kappa shape index (κ1) is 21.0. The van der Waals surface area contributed by atoms with Gasteiger partial charge in [-0.2, -0.15) is 0 Å². The molecule has 2 aromatic heterocycles. The van der Waals surface area contributed by atoms with Crippen LogP contribution in [-0.2, 0) is 11.3 Å². The van der Waals surface area contributed by atoms with Crippen LogP contribution in [0.1, 0.15) is 15.9 Å². The van der Waals surface area contributed by atoms with Crippen LogP contribution in [0.2, 0.25) is 0 Å². The van der Waals surface area contributed by atoms with Gasteiger partial charge in [-0.15, -0.1) is 11.3 Å². The number of fused-ring (bicyclic) bond motifs is 2. The molecule has 0 amide bonds. The summed E-state index contributed by atoms with van der Waals surface area (Å²) >= 11 is 1.62. The van der Waals surface area contributed by atoms with Gasteiger partial charge < -0.3 is 14.8 Å². The Labute approximate surface area is 195 Å². The van der Waals surface area contributed by atoms with Crippen LogP contribution < -0.4 is 10.1 Å². The van der Waals surface area contributed by atoms with Crippen LogP contribution in [0.4, 0.5) is 5.82 Å². The summed E-state index contributed by atoms with van der Waals surface area (Å²) in [6.45, 7) is 0.665. The number of anilines is 1. The predicted molar refractivity (Wildman–Crippen MR) is 134 cm³/mol. The molecule has 3 aromatic carbocycles. The highest BCUT2D eigenvalue weighted by atomic mass is 32.1. The first-order chi connectivity index (χ1) is 16.2. The number of ether oxygens (including phenoxy) is 2. The Bertz CT molecular complexity index is 1460. The minimum atomic E-state index is -0.323. The van der Waals surface area contributed by atoms with Gasteiger partial charge in [-0.05, 0) is 58.3 Å². The first-order valence-electron chi connectivity index (χ1n) is 10.5. The molecule has 0 atom stereocenters. The highest BCUT2D eigenvalue weighted by molar-refractivity contribution is 7.17. The molecule has 0 unspecified atom stereocenters. The van der Waals surface area contributed by atoms with Gasteiger partial charge in [0, 0.05) is 33.8 Å². The van der Waals surface area contributed by atoms with E-state index in [-0.39, 0.29) is 5.97 Å². The number of aromatic nitrogens is 1. The summed E-state index contributed by atoms with van der Waals surface area (Å²) in [5.74, 6) is 1.36. The molecule has 0 aliphatic carbocycles. The van der Waals surface area contributed by atoms with Gasteiger partial charge in [0.25, 0.3) is 0 Å². The number of pyridine rings is 1. The molecule has 164 valence electrons. The smallest absolute Gasteiger partial charge is 0.337 e.